The fraction of sp³-hybridized carbons (Fsp3) is 0.348. The van der Waals surface area contributed by atoms with E-state index in [0.717, 1.165) is 18.6 Å². The van der Waals surface area contributed by atoms with Gasteiger partial charge in [-0.3, -0.25) is 14.9 Å². The van der Waals surface area contributed by atoms with Gasteiger partial charge in [0.2, 0.25) is 0 Å². The summed E-state index contributed by atoms with van der Waals surface area (Å²) in [5.41, 5.74) is 1.62. The largest absolute Gasteiger partial charge is 0.494 e. The van der Waals surface area contributed by atoms with Gasteiger partial charge in [0.25, 0.3) is 11.8 Å². The molecule has 30 heavy (non-hydrogen) atoms. The van der Waals surface area contributed by atoms with Gasteiger partial charge in [-0.2, -0.15) is 0 Å². The van der Waals surface area contributed by atoms with Crippen molar-refractivity contribution in [3.05, 3.63) is 59.7 Å². The zero-order chi connectivity index (χ0) is 21.9. The Morgan fingerprint density at radius 1 is 1.03 bits per heavy atom. The highest BCUT2D eigenvalue weighted by Gasteiger charge is 2.10. The smallest absolute Gasteiger partial charge is 0.257 e. The van der Waals surface area contributed by atoms with Gasteiger partial charge >= 0.3 is 0 Å². The number of thiocarbonyl (C=S) groups is 1. The molecule has 2 amide bonds. The van der Waals surface area contributed by atoms with Gasteiger partial charge in [0, 0.05) is 23.4 Å². The number of hydrogen-bond acceptors (Lipinski definition) is 4. The maximum atomic E-state index is 12.4. The van der Waals surface area contributed by atoms with Crippen LogP contribution in [-0.4, -0.2) is 30.1 Å². The molecule has 2 aromatic carbocycles. The second kappa shape index (κ2) is 11.9. The molecule has 7 heteroatoms. The van der Waals surface area contributed by atoms with E-state index in [1.165, 1.54) is 0 Å². The minimum atomic E-state index is -0.321. The molecule has 0 aliphatic heterocycles. The van der Waals surface area contributed by atoms with Gasteiger partial charge < -0.3 is 15.4 Å². The summed E-state index contributed by atoms with van der Waals surface area (Å²) in [6.07, 6.45) is 1.84. The minimum absolute atomic E-state index is 0.147. The van der Waals surface area contributed by atoms with Gasteiger partial charge in [-0.15, -0.1) is 0 Å². The number of ether oxygens (including phenoxy) is 1. The summed E-state index contributed by atoms with van der Waals surface area (Å²) in [6, 6.07) is 13.9. The third-order valence-corrected chi connectivity index (χ3v) is 4.43. The van der Waals surface area contributed by atoms with Crippen LogP contribution in [0.25, 0.3) is 0 Å². The highest BCUT2D eigenvalue weighted by molar-refractivity contribution is 7.80. The summed E-state index contributed by atoms with van der Waals surface area (Å²) in [4.78, 5) is 24.5. The van der Waals surface area contributed by atoms with Gasteiger partial charge in [0.1, 0.15) is 5.75 Å². The molecular formula is C23H29N3O3S. The molecule has 0 heterocycles. The van der Waals surface area contributed by atoms with Crippen LogP contribution >= 0.6 is 12.2 Å². The molecule has 3 N–H and O–H groups in total. The van der Waals surface area contributed by atoms with E-state index >= 15 is 0 Å². The number of amides is 2. The van der Waals surface area contributed by atoms with Crippen molar-refractivity contribution in [2.45, 2.75) is 33.6 Å². The molecule has 0 aromatic heterocycles. The van der Waals surface area contributed by atoms with Gasteiger partial charge in [-0.05, 0) is 73.4 Å². The van der Waals surface area contributed by atoms with E-state index in [4.69, 9.17) is 17.0 Å². The monoisotopic (exact) mass is 427 g/mol. The van der Waals surface area contributed by atoms with E-state index in [2.05, 4.69) is 29.8 Å². The van der Waals surface area contributed by atoms with Crippen LogP contribution in [0.4, 0.5) is 5.69 Å². The molecule has 0 aliphatic rings. The first-order valence-corrected chi connectivity index (χ1v) is 10.5. The Hall–Kier alpha value is -2.93. The average molecular weight is 428 g/mol. The van der Waals surface area contributed by atoms with Crippen LogP contribution in [0.3, 0.4) is 0 Å². The molecule has 0 spiro atoms. The van der Waals surface area contributed by atoms with Crippen LogP contribution in [0.15, 0.2) is 48.5 Å². The predicted octanol–water partition coefficient (Wildman–Crippen LogP) is 4.38. The molecule has 0 saturated carbocycles. The van der Waals surface area contributed by atoms with Crippen molar-refractivity contribution in [1.29, 1.82) is 0 Å². The molecule has 0 unspecified atom stereocenters. The number of nitrogens with one attached hydrogen (secondary N) is 3. The van der Waals surface area contributed by atoms with Gasteiger partial charge in [0.15, 0.2) is 5.11 Å². The lowest BCUT2D eigenvalue weighted by atomic mass is 10.1. The topological polar surface area (TPSA) is 79.5 Å². The van der Waals surface area contributed by atoms with E-state index in [1.807, 2.05) is 6.92 Å². The lowest BCUT2D eigenvalue weighted by Gasteiger charge is -2.12. The Bertz CT molecular complexity index is 866. The molecule has 0 atom stereocenters. The Balaban J connectivity index is 1.88. The lowest BCUT2D eigenvalue weighted by Crippen LogP contribution is -2.34. The fourth-order valence-corrected chi connectivity index (χ4v) is 2.74. The standard InChI is InChI=1S/C23H29N3O3S/c1-4-13-24-21(27)18-6-5-7-19(15-18)25-23(30)26-22(28)17-8-10-20(11-9-17)29-14-12-16(2)3/h5-11,15-16H,4,12-14H2,1-3H3,(H,24,27)(H2,25,26,28,30). The van der Waals surface area contributed by atoms with Crippen molar-refractivity contribution in [3.8, 4) is 5.75 Å². The summed E-state index contributed by atoms with van der Waals surface area (Å²) < 4.78 is 5.66. The Labute approximate surface area is 183 Å². The molecule has 2 rings (SSSR count). The van der Waals surface area contributed by atoms with Crippen molar-refractivity contribution < 1.29 is 14.3 Å². The molecule has 160 valence electrons. The molecule has 0 radical (unpaired) electrons. The van der Waals surface area contributed by atoms with E-state index in [1.54, 1.807) is 48.5 Å². The maximum absolute atomic E-state index is 12.4. The fourth-order valence-electron chi connectivity index (χ4n) is 2.53. The SMILES string of the molecule is CCCNC(=O)c1cccc(NC(=S)NC(=O)c2ccc(OCCC(C)C)cc2)c1. The van der Waals surface area contributed by atoms with Crippen LogP contribution in [0.2, 0.25) is 0 Å². The molecule has 0 bridgehead atoms. The van der Waals surface area contributed by atoms with Crippen molar-refractivity contribution in [2.24, 2.45) is 5.92 Å². The second-order valence-corrected chi connectivity index (χ2v) is 7.71. The quantitative estimate of drug-likeness (QED) is 0.518. The van der Waals surface area contributed by atoms with Gasteiger partial charge in [0.05, 0.1) is 6.61 Å². The van der Waals surface area contributed by atoms with Gasteiger partial charge in [-0.1, -0.05) is 26.8 Å². The van der Waals surface area contributed by atoms with E-state index < -0.39 is 0 Å². The summed E-state index contributed by atoms with van der Waals surface area (Å²) >= 11 is 5.23. The summed E-state index contributed by atoms with van der Waals surface area (Å²) in [5, 5.41) is 8.57. The maximum Gasteiger partial charge on any atom is 0.257 e. The van der Waals surface area contributed by atoms with Crippen LogP contribution in [0.5, 0.6) is 5.75 Å². The third kappa shape index (κ3) is 7.83. The summed E-state index contributed by atoms with van der Waals surface area (Å²) in [6.45, 7) is 7.54. The van der Waals surface area contributed by atoms with Crippen LogP contribution in [0.1, 0.15) is 54.3 Å². The number of anilines is 1. The highest BCUT2D eigenvalue weighted by Crippen LogP contribution is 2.14. The summed E-state index contributed by atoms with van der Waals surface area (Å²) in [5.74, 6) is 0.838. The number of rotatable bonds is 9. The molecule has 0 fully saturated rings. The molecule has 0 saturated heterocycles. The number of benzene rings is 2. The van der Waals surface area contributed by atoms with Crippen LogP contribution < -0.4 is 20.7 Å². The van der Waals surface area contributed by atoms with Gasteiger partial charge in [-0.25, -0.2) is 0 Å². The van der Waals surface area contributed by atoms with E-state index in [0.29, 0.717) is 35.9 Å². The van der Waals surface area contributed by atoms with Crippen LogP contribution in [0, 0.1) is 5.92 Å². The minimum Gasteiger partial charge on any atom is -0.494 e. The molecule has 2 aromatic rings. The van der Waals surface area contributed by atoms with E-state index in [9.17, 15) is 9.59 Å². The molecule has 0 aliphatic carbocycles. The molecular weight excluding hydrogens is 398 g/mol. The first-order chi connectivity index (χ1) is 14.4. The van der Waals surface area contributed by atoms with Crippen LogP contribution in [-0.2, 0) is 0 Å². The number of hydrogen-bond donors (Lipinski definition) is 3. The zero-order valence-electron chi connectivity index (χ0n) is 17.7. The summed E-state index contributed by atoms with van der Waals surface area (Å²) in [7, 11) is 0. The number of carbonyl (C=O) groups is 2. The zero-order valence-corrected chi connectivity index (χ0v) is 18.5. The second-order valence-electron chi connectivity index (χ2n) is 7.30. The Morgan fingerprint density at radius 2 is 1.77 bits per heavy atom. The number of carbonyl (C=O) groups excluding carboxylic acids is 2. The van der Waals surface area contributed by atoms with Crippen molar-refractivity contribution in [2.75, 3.05) is 18.5 Å². The Morgan fingerprint density at radius 3 is 2.43 bits per heavy atom. The van der Waals surface area contributed by atoms with Crippen molar-refractivity contribution in [3.63, 3.8) is 0 Å². The van der Waals surface area contributed by atoms with Crippen molar-refractivity contribution >= 4 is 34.8 Å². The average Bonchev–Trinajstić information content (AvgIpc) is 2.72. The first-order valence-electron chi connectivity index (χ1n) is 10.1. The highest BCUT2D eigenvalue weighted by atomic mass is 32.1. The predicted molar refractivity (Wildman–Crippen MR) is 124 cm³/mol. The lowest BCUT2D eigenvalue weighted by molar-refractivity contribution is 0.0951. The van der Waals surface area contributed by atoms with Crippen molar-refractivity contribution in [1.82, 2.24) is 10.6 Å². The third-order valence-electron chi connectivity index (χ3n) is 4.23. The normalized spacial score (nSPS) is 10.4. The first kappa shape index (κ1) is 23.3. The Kier molecular flexibility index (Phi) is 9.28. The molecule has 6 nitrogen and oxygen atoms in total. The van der Waals surface area contributed by atoms with E-state index in [-0.39, 0.29) is 16.9 Å².